The summed E-state index contributed by atoms with van der Waals surface area (Å²) in [6, 6.07) is 8.35. The van der Waals surface area contributed by atoms with Gasteiger partial charge in [0.05, 0.1) is 15.3 Å². The maximum Gasteiger partial charge on any atom is 0.321 e. The summed E-state index contributed by atoms with van der Waals surface area (Å²) < 4.78 is 0.489. The minimum atomic E-state index is 0.00486. The second-order valence-corrected chi connectivity index (χ2v) is 10.9. The molecule has 0 radical (unpaired) electrons. The number of thioether (sulfide) groups is 2. The molecule has 150 valence electrons. The number of piperazine rings is 1. The molecule has 2 aromatic rings. The molecule has 0 unspecified atom stereocenters. The Bertz CT molecular complexity index is 798. The maximum atomic E-state index is 12.7. The Morgan fingerprint density at radius 3 is 2.71 bits per heavy atom. The highest BCUT2D eigenvalue weighted by Gasteiger charge is 2.22. The number of anilines is 1. The third kappa shape index (κ3) is 5.23. The van der Waals surface area contributed by atoms with E-state index in [0.717, 1.165) is 49.1 Å². The highest BCUT2D eigenvalue weighted by Crippen LogP contribution is 2.44. The molecule has 0 atom stereocenters. The quantitative estimate of drug-likeness (QED) is 0.758. The molecule has 28 heavy (non-hydrogen) atoms. The van der Waals surface area contributed by atoms with Gasteiger partial charge in [-0.25, -0.2) is 9.78 Å². The number of benzene rings is 1. The van der Waals surface area contributed by atoms with Crippen LogP contribution in [-0.4, -0.2) is 58.5 Å². The lowest BCUT2D eigenvalue weighted by atomic mass is 10.2. The molecule has 1 N–H and O–H groups in total. The molecular formula is C20H26N4OS3. The summed E-state index contributed by atoms with van der Waals surface area (Å²) in [6.07, 6.45) is 1.29. The number of aromatic nitrogens is 1. The van der Waals surface area contributed by atoms with E-state index in [9.17, 15) is 4.79 Å². The largest absolute Gasteiger partial charge is 0.322 e. The van der Waals surface area contributed by atoms with E-state index in [-0.39, 0.29) is 6.03 Å². The van der Waals surface area contributed by atoms with E-state index in [1.807, 2.05) is 41.4 Å². The Kier molecular flexibility index (Phi) is 6.82. The molecule has 1 aromatic carbocycles. The molecule has 0 spiro atoms. The number of thiazole rings is 1. The fraction of sp³-hybridized carbons (Fsp3) is 0.500. The van der Waals surface area contributed by atoms with Gasteiger partial charge in [0.25, 0.3) is 0 Å². The van der Waals surface area contributed by atoms with Crippen molar-refractivity contribution in [2.75, 3.05) is 43.0 Å². The lowest BCUT2D eigenvalue weighted by Crippen LogP contribution is -2.49. The zero-order valence-corrected chi connectivity index (χ0v) is 18.5. The summed E-state index contributed by atoms with van der Waals surface area (Å²) in [4.78, 5) is 21.5. The average Bonchev–Trinajstić information content (AvgIpc) is 3.14. The zero-order chi connectivity index (χ0) is 19.3. The number of urea groups is 1. The molecule has 2 aliphatic rings. The molecule has 2 saturated heterocycles. The van der Waals surface area contributed by atoms with E-state index in [4.69, 9.17) is 0 Å². The topological polar surface area (TPSA) is 48.5 Å². The number of aryl methyl sites for hydroxylation is 1. The number of amides is 2. The lowest BCUT2D eigenvalue weighted by Gasteiger charge is -2.34. The normalized spacial score (nSPS) is 19.0. The van der Waals surface area contributed by atoms with Crippen molar-refractivity contribution in [1.29, 1.82) is 0 Å². The van der Waals surface area contributed by atoms with Crippen LogP contribution in [0.15, 0.2) is 29.6 Å². The summed E-state index contributed by atoms with van der Waals surface area (Å²) in [7, 11) is 0. The summed E-state index contributed by atoms with van der Waals surface area (Å²) in [5.41, 5.74) is 3.33. The maximum absolute atomic E-state index is 12.7. The minimum absolute atomic E-state index is 0.00486. The Morgan fingerprint density at radius 1 is 1.21 bits per heavy atom. The Hall–Kier alpha value is -1.22. The first-order valence-corrected chi connectivity index (χ1v) is 12.7. The molecule has 1 aromatic heterocycles. The third-order valence-electron chi connectivity index (χ3n) is 4.95. The van der Waals surface area contributed by atoms with Crippen LogP contribution in [0.4, 0.5) is 10.5 Å². The Labute approximate surface area is 179 Å². The van der Waals surface area contributed by atoms with Gasteiger partial charge in [-0.15, -0.1) is 34.9 Å². The van der Waals surface area contributed by atoms with Gasteiger partial charge >= 0.3 is 6.03 Å². The first kappa shape index (κ1) is 20.1. The van der Waals surface area contributed by atoms with E-state index in [1.54, 1.807) is 11.3 Å². The summed E-state index contributed by atoms with van der Waals surface area (Å²) in [5.74, 6) is 2.44. The van der Waals surface area contributed by atoms with E-state index >= 15 is 0 Å². The van der Waals surface area contributed by atoms with Gasteiger partial charge in [0, 0.05) is 43.8 Å². The molecule has 2 amide bonds. The van der Waals surface area contributed by atoms with E-state index in [0.29, 0.717) is 4.58 Å². The van der Waals surface area contributed by atoms with Gasteiger partial charge in [0.1, 0.15) is 0 Å². The molecule has 0 aliphatic carbocycles. The molecular weight excluding hydrogens is 408 g/mol. The Morgan fingerprint density at radius 2 is 2.00 bits per heavy atom. The number of rotatable bonds is 4. The van der Waals surface area contributed by atoms with E-state index in [1.165, 1.54) is 23.5 Å². The number of carbonyl (C=O) groups is 1. The van der Waals surface area contributed by atoms with Crippen LogP contribution in [0.25, 0.3) is 0 Å². The number of nitrogens with zero attached hydrogens (tertiary/aromatic N) is 3. The van der Waals surface area contributed by atoms with Gasteiger partial charge in [-0.2, -0.15) is 0 Å². The van der Waals surface area contributed by atoms with Gasteiger partial charge < -0.3 is 10.2 Å². The van der Waals surface area contributed by atoms with Crippen molar-refractivity contribution in [3.05, 3.63) is 45.9 Å². The fourth-order valence-electron chi connectivity index (χ4n) is 3.46. The second kappa shape index (κ2) is 9.52. The van der Waals surface area contributed by atoms with Crippen LogP contribution in [0.1, 0.15) is 27.3 Å². The highest BCUT2D eigenvalue weighted by atomic mass is 32.2. The van der Waals surface area contributed by atoms with Crippen LogP contribution >= 0.6 is 34.9 Å². The Balaban J connectivity index is 1.28. The van der Waals surface area contributed by atoms with Crippen LogP contribution in [0.3, 0.4) is 0 Å². The number of carbonyl (C=O) groups excluding carboxylic acids is 1. The van der Waals surface area contributed by atoms with E-state index < -0.39 is 0 Å². The van der Waals surface area contributed by atoms with Crippen molar-refractivity contribution in [3.63, 3.8) is 0 Å². The minimum Gasteiger partial charge on any atom is -0.322 e. The van der Waals surface area contributed by atoms with Gasteiger partial charge in [0.2, 0.25) is 0 Å². The lowest BCUT2D eigenvalue weighted by molar-refractivity contribution is 0.142. The van der Waals surface area contributed by atoms with Gasteiger partial charge in [-0.1, -0.05) is 12.1 Å². The summed E-state index contributed by atoms with van der Waals surface area (Å²) in [5, 5.41) is 6.34. The SMILES string of the molecule is Cc1nc(CN2CCN(C(=O)Nc3cccc(C4SCCCS4)c3)CC2)cs1. The molecule has 3 heterocycles. The molecule has 2 aliphatic heterocycles. The van der Waals surface area contributed by atoms with Crippen LogP contribution < -0.4 is 5.32 Å². The molecule has 5 nitrogen and oxygen atoms in total. The highest BCUT2D eigenvalue weighted by molar-refractivity contribution is 8.16. The standard InChI is InChI=1S/C20H26N4OS3/c1-15-21-18(14-28-15)13-23-6-8-24(9-7-23)20(25)22-17-5-2-4-16(12-17)19-26-10-3-11-27-19/h2,4-5,12,14,19H,3,6-11,13H2,1H3,(H,22,25). The molecule has 4 rings (SSSR count). The van der Waals surface area contributed by atoms with Crippen molar-refractivity contribution in [3.8, 4) is 0 Å². The predicted molar refractivity (Wildman–Crippen MR) is 121 cm³/mol. The first-order chi connectivity index (χ1) is 13.7. The van der Waals surface area contributed by atoms with Gasteiger partial charge in [-0.3, -0.25) is 4.90 Å². The van der Waals surface area contributed by atoms with E-state index in [2.05, 4.69) is 38.8 Å². The van der Waals surface area contributed by atoms with Gasteiger partial charge in [0.15, 0.2) is 0 Å². The molecule has 0 saturated carbocycles. The van der Waals surface area contributed by atoms with Gasteiger partial charge in [-0.05, 0) is 42.5 Å². The smallest absolute Gasteiger partial charge is 0.321 e. The van der Waals surface area contributed by atoms with Crippen LogP contribution in [-0.2, 0) is 6.54 Å². The van der Waals surface area contributed by atoms with Crippen molar-refractivity contribution in [2.45, 2.75) is 24.5 Å². The number of nitrogens with one attached hydrogen (secondary N) is 1. The van der Waals surface area contributed by atoms with Crippen molar-refractivity contribution < 1.29 is 4.79 Å². The molecule has 8 heteroatoms. The summed E-state index contributed by atoms with van der Waals surface area (Å²) in [6.45, 7) is 6.19. The number of hydrogen-bond donors (Lipinski definition) is 1. The third-order valence-corrected chi connectivity index (χ3v) is 8.79. The van der Waals surface area contributed by atoms with Crippen molar-refractivity contribution >= 4 is 46.6 Å². The van der Waals surface area contributed by atoms with Crippen molar-refractivity contribution in [2.24, 2.45) is 0 Å². The fourth-order valence-corrected chi connectivity index (χ4v) is 6.94. The predicted octanol–water partition coefficient (Wildman–Crippen LogP) is 4.67. The van der Waals surface area contributed by atoms with Crippen molar-refractivity contribution in [1.82, 2.24) is 14.8 Å². The average molecular weight is 435 g/mol. The van der Waals surface area contributed by atoms with Crippen LogP contribution in [0.2, 0.25) is 0 Å². The zero-order valence-electron chi connectivity index (χ0n) is 16.1. The summed E-state index contributed by atoms with van der Waals surface area (Å²) >= 11 is 5.70. The second-order valence-electron chi connectivity index (χ2n) is 7.10. The molecule has 0 bridgehead atoms. The van der Waals surface area contributed by atoms with Crippen LogP contribution in [0, 0.1) is 6.92 Å². The number of hydrogen-bond acceptors (Lipinski definition) is 6. The molecule has 2 fully saturated rings. The first-order valence-electron chi connectivity index (χ1n) is 9.70. The van der Waals surface area contributed by atoms with Crippen LogP contribution in [0.5, 0.6) is 0 Å². The monoisotopic (exact) mass is 434 g/mol.